The molecule has 1 N–H and O–H groups in total. The number of aliphatic carboxylic acids is 1. The summed E-state index contributed by atoms with van der Waals surface area (Å²) in [7, 11) is 0. The van der Waals surface area contributed by atoms with Crippen LogP contribution in [0, 0.1) is 29.6 Å². The number of hydrogen-bond donors (Lipinski definition) is 1. The Morgan fingerprint density at radius 3 is 2.73 bits per heavy atom. The van der Waals surface area contributed by atoms with Gasteiger partial charge in [0, 0.05) is 25.4 Å². The first-order valence-electron chi connectivity index (χ1n) is 8.42. The van der Waals surface area contributed by atoms with E-state index < -0.39 is 11.9 Å². The van der Waals surface area contributed by atoms with E-state index in [0.717, 1.165) is 6.42 Å². The van der Waals surface area contributed by atoms with Crippen molar-refractivity contribution in [2.45, 2.75) is 31.8 Å². The SMILES string of the molecule is O=C(O)[C@@H]1CO[C@@H]2CN(C(=O)C[C@@H]3C[C@@H]4C=C[C@H]3CC4)C[C@@H]21. The van der Waals surface area contributed by atoms with Crippen molar-refractivity contribution in [1.82, 2.24) is 4.90 Å². The molecular formula is C17H23NO4. The predicted octanol–water partition coefficient (Wildman–Crippen LogP) is 1.54. The molecule has 0 aromatic carbocycles. The van der Waals surface area contributed by atoms with Crippen molar-refractivity contribution in [3.8, 4) is 0 Å². The lowest BCUT2D eigenvalue weighted by Gasteiger charge is -2.38. The molecule has 0 radical (unpaired) electrons. The fourth-order valence-electron chi connectivity index (χ4n) is 4.81. The van der Waals surface area contributed by atoms with E-state index in [4.69, 9.17) is 4.74 Å². The van der Waals surface area contributed by atoms with Gasteiger partial charge in [-0.2, -0.15) is 0 Å². The van der Waals surface area contributed by atoms with Gasteiger partial charge in [-0.25, -0.2) is 0 Å². The van der Waals surface area contributed by atoms with Crippen LogP contribution in [0.1, 0.15) is 25.7 Å². The number of carboxylic acids is 1. The summed E-state index contributed by atoms with van der Waals surface area (Å²) in [5.41, 5.74) is 0. The van der Waals surface area contributed by atoms with Crippen molar-refractivity contribution in [3.05, 3.63) is 12.2 Å². The second-order valence-corrected chi connectivity index (χ2v) is 7.37. The Kier molecular flexibility index (Phi) is 3.48. The van der Waals surface area contributed by atoms with E-state index >= 15 is 0 Å². The molecule has 2 bridgehead atoms. The van der Waals surface area contributed by atoms with Crippen molar-refractivity contribution in [3.63, 3.8) is 0 Å². The molecule has 5 rings (SSSR count). The summed E-state index contributed by atoms with van der Waals surface area (Å²) in [4.78, 5) is 25.7. The van der Waals surface area contributed by atoms with Crippen LogP contribution in [0.15, 0.2) is 12.2 Å². The molecule has 0 aromatic heterocycles. The van der Waals surface area contributed by atoms with Gasteiger partial charge in [0.25, 0.3) is 0 Å². The van der Waals surface area contributed by atoms with Crippen molar-refractivity contribution in [2.24, 2.45) is 29.6 Å². The highest BCUT2D eigenvalue weighted by molar-refractivity contribution is 5.77. The van der Waals surface area contributed by atoms with Crippen LogP contribution >= 0.6 is 0 Å². The zero-order valence-corrected chi connectivity index (χ0v) is 12.7. The second kappa shape index (κ2) is 5.37. The predicted molar refractivity (Wildman–Crippen MR) is 79.0 cm³/mol. The lowest BCUT2D eigenvalue weighted by Crippen LogP contribution is -2.36. The molecule has 22 heavy (non-hydrogen) atoms. The van der Waals surface area contributed by atoms with Crippen LogP contribution in [-0.4, -0.2) is 47.7 Å². The van der Waals surface area contributed by atoms with Crippen LogP contribution in [0.2, 0.25) is 0 Å². The Labute approximate surface area is 130 Å². The summed E-state index contributed by atoms with van der Waals surface area (Å²) in [6.45, 7) is 1.42. The second-order valence-electron chi connectivity index (χ2n) is 7.37. The van der Waals surface area contributed by atoms with Gasteiger partial charge < -0.3 is 14.7 Å². The Balaban J connectivity index is 1.37. The number of nitrogens with zero attached hydrogens (tertiary/aromatic N) is 1. The Bertz CT molecular complexity index is 517. The molecule has 6 atom stereocenters. The normalized spacial score (nSPS) is 42.6. The fraction of sp³-hybridized carbons (Fsp3) is 0.765. The average molecular weight is 305 g/mol. The monoisotopic (exact) mass is 305 g/mol. The molecule has 3 aliphatic carbocycles. The van der Waals surface area contributed by atoms with Crippen molar-refractivity contribution in [2.75, 3.05) is 19.7 Å². The third-order valence-electron chi connectivity index (χ3n) is 6.13. The van der Waals surface area contributed by atoms with Crippen LogP contribution in [0.4, 0.5) is 0 Å². The molecule has 2 saturated heterocycles. The third-order valence-corrected chi connectivity index (χ3v) is 6.13. The zero-order chi connectivity index (χ0) is 15.3. The minimum atomic E-state index is -0.795. The molecule has 120 valence electrons. The summed E-state index contributed by atoms with van der Waals surface area (Å²) in [6.07, 6.45) is 8.79. The summed E-state index contributed by atoms with van der Waals surface area (Å²) in [5, 5.41) is 9.23. The van der Waals surface area contributed by atoms with Crippen molar-refractivity contribution < 1.29 is 19.4 Å². The van der Waals surface area contributed by atoms with Gasteiger partial charge in [-0.15, -0.1) is 0 Å². The number of allylic oxidation sites excluding steroid dienone is 2. The topological polar surface area (TPSA) is 66.8 Å². The molecule has 5 heteroatoms. The smallest absolute Gasteiger partial charge is 0.309 e. The number of carbonyl (C=O) groups excluding carboxylic acids is 1. The molecule has 2 heterocycles. The molecule has 3 fully saturated rings. The van der Waals surface area contributed by atoms with Gasteiger partial charge in [0.2, 0.25) is 5.91 Å². The van der Waals surface area contributed by atoms with E-state index in [9.17, 15) is 14.7 Å². The number of carboxylic acid groups (broad SMARTS) is 1. The molecule has 0 unspecified atom stereocenters. The Hall–Kier alpha value is -1.36. The van der Waals surface area contributed by atoms with E-state index in [2.05, 4.69) is 12.2 Å². The summed E-state index contributed by atoms with van der Waals surface area (Å²) >= 11 is 0. The first-order valence-corrected chi connectivity index (χ1v) is 8.42. The van der Waals surface area contributed by atoms with Gasteiger partial charge in [-0.05, 0) is 37.0 Å². The van der Waals surface area contributed by atoms with Crippen LogP contribution in [-0.2, 0) is 14.3 Å². The summed E-state index contributed by atoms with van der Waals surface area (Å²) < 4.78 is 5.58. The fourth-order valence-corrected chi connectivity index (χ4v) is 4.81. The zero-order valence-electron chi connectivity index (χ0n) is 12.7. The third kappa shape index (κ3) is 2.35. The van der Waals surface area contributed by atoms with Gasteiger partial charge in [-0.3, -0.25) is 9.59 Å². The molecule has 2 aliphatic heterocycles. The first-order chi connectivity index (χ1) is 10.6. The maximum atomic E-state index is 12.6. The Morgan fingerprint density at radius 1 is 1.23 bits per heavy atom. The van der Waals surface area contributed by atoms with Crippen LogP contribution in [0.5, 0.6) is 0 Å². The maximum absolute atomic E-state index is 12.6. The maximum Gasteiger partial charge on any atom is 0.309 e. The average Bonchev–Trinajstić information content (AvgIpc) is 3.08. The summed E-state index contributed by atoms with van der Waals surface area (Å²) in [5.74, 6) is 0.637. The molecule has 5 aliphatic rings. The lowest BCUT2D eigenvalue weighted by molar-refractivity contribution is -0.143. The lowest BCUT2D eigenvalue weighted by atomic mass is 9.68. The van der Waals surface area contributed by atoms with Crippen LogP contribution < -0.4 is 0 Å². The number of carbonyl (C=O) groups is 2. The minimum Gasteiger partial charge on any atom is -0.481 e. The van der Waals surface area contributed by atoms with Gasteiger partial charge in [0.05, 0.1) is 18.6 Å². The number of hydrogen-bond acceptors (Lipinski definition) is 3. The minimum absolute atomic E-state index is 0.0239. The highest BCUT2D eigenvalue weighted by atomic mass is 16.5. The number of fused-ring (bicyclic) bond motifs is 3. The van der Waals surface area contributed by atoms with E-state index in [0.29, 0.717) is 43.9 Å². The van der Waals surface area contributed by atoms with E-state index in [1.54, 1.807) is 0 Å². The first kappa shape index (κ1) is 14.2. The molecule has 1 saturated carbocycles. The number of rotatable bonds is 3. The van der Waals surface area contributed by atoms with E-state index in [-0.39, 0.29) is 17.9 Å². The Morgan fingerprint density at radius 2 is 2.09 bits per heavy atom. The standard InChI is InChI=1S/C17H23NO4/c19-16(6-12-5-10-1-3-11(12)4-2-10)18-7-13-14(17(20)21)9-22-15(13)8-18/h1,3,10-15H,2,4-9H2,(H,20,21)/t10-,11+,12+,13-,14-,15-/m1/s1. The van der Waals surface area contributed by atoms with Gasteiger partial charge in [-0.1, -0.05) is 12.2 Å². The van der Waals surface area contributed by atoms with E-state index in [1.165, 1.54) is 12.8 Å². The molecule has 0 aromatic rings. The number of ether oxygens (including phenoxy) is 1. The summed E-state index contributed by atoms with van der Waals surface area (Å²) in [6, 6.07) is 0. The van der Waals surface area contributed by atoms with Gasteiger partial charge >= 0.3 is 5.97 Å². The van der Waals surface area contributed by atoms with Gasteiger partial charge in [0.1, 0.15) is 0 Å². The molecule has 0 spiro atoms. The number of amides is 1. The van der Waals surface area contributed by atoms with Crippen LogP contribution in [0.25, 0.3) is 0 Å². The highest BCUT2D eigenvalue weighted by Gasteiger charge is 2.48. The quantitative estimate of drug-likeness (QED) is 0.803. The molecule has 1 amide bonds. The molecule has 5 nitrogen and oxygen atoms in total. The molecular weight excluding hydrogens is 282 g/mol. The van der Waals surface area contributed by atoms with Crippen molar-refractivity contribution >= 4 is 11.9 Å². The van der Waals surface area contributed by atoms with Crippen LogP contribution in [0.3, 0.4) is 0 Å². The number of likely N-dealkylation sites (tertiary alicyclic amines) is 1. The van der Waals surface area contributed by atoms with E-state index in [1.807, 2.05) is 4.90 Å². The van der Waals surface area contributed by atoms with Gasteiger partial charge in [0.15, 0.2) is 0 Å². The highest BCUT2D eigenvalue weighted by Crippen LogP contribution is 2.42. The largest absolute Gasteiger partial charge is 0.481 e. The van der Waals surface area contributed by atoms with Crippen molar-refractivity contribution in [1.29, 1.82) is 0 Å².